The second-order valence-corrected chi connectivity index (χ2v) is 28.9. The summed E-state index contributed by atoms with van der Waals surface area (Å²) in [6.07, 6.45) is 0. The Morgan fingerprint density at radius 3 is 0.732 bits per heavy atom. The Bertz CT molecular complexity index is 7120. The molecule has 6 aromatic heterocycles. The highest BCUT2D eigenvalue weighted by Gasteiger charge is 2.24. The molecule has 8 nitrogen and oxygen atoms in total. The van der Waals surface area contributed by atoms with Gasteiger partial charge in [0.05, 0.1) is 66.9 Å². The third-order valence-electron chi connectivity index (χ3n) is 22.3. The number of hydrogen-bond acceptors (Lipinski definition) is 4. The van der Waals surface area contributed by atoms with E-state index in [9.17, 15) is 0 Å². The van der Waals surface area contributed by atoms with E-state index in [4.69, 9.17) is 19.9 Å². The van der Waals surface area contributed by atoms with E-state index in [0.29, 0.717) is 11.6 Å². The molecule has 0 bridgehead atoms. The second kappa shape index (κ2) is 26.4. The van der Waals surface area contributed by atoms with Gasteiger partial charge in [0, 0.05) is 99.2 Å². The van der Waals surface area contributed by atoms with Crippen LogP contribution in [0.3, 0.4) is 0 Å². The number of aromatic nitrogens is 8. The SMILES string of the molecule is c1ccc(-c2cccc(-c3cc(-c4cc(-n5c6ccccc6c6ccccc65)cc(-n5c6ccccc6c6cc(-c7cccc(-c8cc(-c9cc(-n%10c%11ccccc%11c%11ccccc%11%10)cc(-n%10c%11ccccc%11c%11ccccc%11%10)c9)nc(-c9ccccc9)n8)c7)ccc65)c4)nc(-c4cccc(-c5ccccc5)c4)n3)c2)cc1. The third kappa shape index (κ3) is 10.9. The first-order valence-electron chi connectivity index (χ1n) is 38.1. The number of benzene rings is 16. The molecule has 8 heteroatoms. The minimum atomic E-state index is 0.635. The molecule has 0 saturated carbocycles. The van der Waals surface area contributed by atoms with Crippen LogP contribution in [-0.2, 0) is 0 Å². The van der Waals surface area contributed by atoms with Crippen molar-refractivity contribution in [1.82, 2.24) is 38.2 Å². The highest BCUT2D eigenvalue weighted by molar-refractivity contribution is 6.13. The van der Waals surface area contributed by atoms with Crippen LogP contribution in [0.4, 0.5) is 0 Å². The van der Waals surface area contributed by atoms with E-state index in [1.54, 1.807) is 0 Å². The topological polar surface area (TPSA) is 71.3 Å². The predicted octanol–water partition coefficient (Wildman–Crippen LogP) is 26.7. The number of para-hydroxylation sites is 7. The molecule has 0 aliphatic carbocycles. The van der Waals surface area contributed by atoms with Crippen LogP contribution in [0.25, 0.3) is 211 Å². The summed E-state index contributed by atoms with van der Waals surface area (Å²) < 4.78 is 9.69. The van der Waals surface area contributed by atoms with Gasteiger partial charge in [0.25, 0.3) is 0 Å². The van der Waals surface area contributed by atoms with Crippen LogP contribution in [0.15, 0.2) is 400 Å². The van der Waals surface area contributed by atoms with Gasteiger partial charge < -0.3 is 18.3 Å². The highest BCUT2D eigenvalue weighted by Crippen LogP contribution is 2.44. The fourth-order valence-corrected chi connectivity index (χ4v) is 17.2. The lowest BCUT2D eigenvalue weighted by Gasteiger charge is -2.17. The van der Waals surface area contributed by atoms with Gasteiger partial charge in [-0.1, -0.05) is 279 Å². The molecule has 22 aromatic rings. The summed E-state index contributed by atoms with van der Waals surface area (Å²) in [6, 6.07) is 144. The number of hydrogen-bond donors (Lipinski definition) is 0. The maximum atomic E-state index is 5.65. The summed E-state index contributed by atoms with van der Waals surface area (Å²) in [5.41, 5.74) is 28.5. The molecule has 522 valence electrons. The number of rotatable bonds is 13. The number of fused-ring (bicyclic) bond motifs is 12. The van der Waals surface area contributed by atoms with Gasteiger partial charge in [0.2, 0.25) is 0 Å². The molecule has 0 saturated heterocycles. The van der Waals surface area contributed by atoms with Gasteiger partial charge in [-0.05, 0) is 155 Å². The molecular weight excluding hydrogens is 1360 g/mol. The molecular formula is C104H66N8. The van der Waals surface area contributed by atoms with Gasteiger partial charge in [-0.3, -0.25) is 0 Å². The van der Waals surface area contributed by atoms with Crippen molar-refractivity contribution in [3.8, 4) is 124 Å². The van der Waals surface area contributed by atoms with Crippen molar-refractivity contribution < 1.29 is 0 Å². The maximum absolute atomic E-state index is 5.65. The Balaban J connectivity index is 0.713. The molecule has 0 N–H and O–H groups in total. The van der Waals surface area contributed by atoms with Crippen molar-refractivity contribution in [2.45, 2.75) is 0 Å². The smallest absolute Gasteiger partial charge is 0.160 e. The Morgan fingerprint density at radius 2 is 0.375 bits per heavy atom. The van der Waals surface area contributed by atoms with Crippen LogP contribution >= 0.6 is 0 Å². The molecule has 0 atom stereocenters. The monoisotopic (exact) mass is 1430 g/mol. The van der Waals surface area contributed by atoms with E-state index in [1.807, 2.05) is 6.07 Å². The molecule has 0 radical (unpaired) electrons. The minimum absolute atomic E-state index is 0.635. The first kappa shape index (κ1) is 64.1. The first-order chi connectivity index (χ1) is 55.5. The third-order valence-corrected chi connectivity index (χ3v) is 22.3. The molecule has 0 aliphatic rings. The van der Waals surface area contributed by atoms with Crippen molar-refractivity contribution >= 4 is 87.2 Å². The molecule has 6 heterocycles. The van der Waals surface area contributed by atoms with E-state index in [0.717, 1.165) is 167 Å². The van der Waals surface area contributed by atoms with Gasteiger partial charge in [-0.15, -0.1) is 0 Å². The minimum Gasteiger partial charge on any atom is -0.309 e. The summed E-state index contributed by atoms with van der Waals surface area (Å²) in [4.78, 5) is 22.2. The molecule has 0 aliphatic heterocycles. The Labute approximate surface area is 645 Å². The van der Waals surface area contributed by atoms with E-state index >= 15 is 0 Å². The average molecular weight is 1430 g/mol. The van der Waals surface area contributed by atoms with Crippen LogP contribution in [-0.4, -0.2) is 38.2 Å². The molecule has 0 fully saturated rings. The van der Waals surface area contributed by atoms with Crippen LogP contribution in [0.1, 0.15) is 0 Å². The second-order valence-electron chi connectivity index (χ2n) is 28.9. The summed E-state index contributed by atoms with van der Waals surface area (Å²) in [5.74, 6) is 1.28. The van der Waals surface area contributed by atoms with Gasteiger partial charge in [0.15, 0.2) is 11.6 Å². The fraction of sp³-hybridized carbons (Fsp3) is 0. The largest absolute Gasteiger partial charge is 0.309 e. The van der Waals surface area contributed by atoms with Gasteiger partial charge >= 0.3 is 0 Å². The fourth-order valence-electron chi connectivity index (χ4n) is 17.2. The van der Waals surface area contributed by atoms with Crippen molar-refractivity contribution in [3.05, 3.63) is 400 Å². The van der Waals surface area contributed by atoms with Crippen LogP contribution in [0.5, 0.6) is 0 Å². The molecule has 16 aromatic carbocycles. The zero-order chi connectivity index (χ0) is 73.7. The maximum Gasteiger partial charge on any atom is 0.160 e. The Morgan fingerprint density at radius 1 is 0.134 bits per heavy atom. The predicted molar refractivity (Wildman–Crippen MR) is 464 cm³/mol. The molecule has 22 rings (SSSR count). The van der Waals surface area contributed by atoms with Crippen molar-refractivity contribution in [1.29, 1.82) is 0 Å². The zero-order valence-electron chi connectivity index (χ0n) is 60.7. The van der Waals surface area contributed by atoms with E-state index in [2.05, 4.69) is 413 Å². The standard InChI is InChI=1S/C104H66N8/c1-4-27-67(28-5-1)70-33-24-36-74(55-70)92-66-94(108-104(106-92)76-38-26-34-71(57-76)68-29-6-2-7-30-68)78-60-81(111-99-50-21-14-43-87(99)88-44-15-22-51-100(88)111)64-82(61-78)112-101-52-23-16-45-89(101)90-62-73(53-54-102(90)112)72-35-25-37-75(56-72)91-65-93(107-103(105-91)69-31-8-3-9-32-69)77-58-79(109-95-46-17-10-39-83(95)84-40-11-18-47-96(84)109)63-80(59-77)110-97-48-19-12-41-85(97)86-42-13-20-49-98(86)110/h1-66H. The Hall–Kier alpha value is -15.1. The van der Waals surface area contributed by atoms with Crippen molar-refractivity contribution in [3.63, 3.8) is 0 Å². The van der Waals surface area contributed by atoms with E-state index < -0.39 is 0 Å². The molecule has 0 spiro atoms. The van der Waals surface area contributed by atoms with E-state index in [-0.39, 0.29) is 0 Å². The van der Waals surface area contributed by atoms with Gasteiger partial charge in [-0.25, -0.2) is 19.9 Å². The summed E-state index contributed by atoms with van der Waals surface area (Å²) in [7, 11) is 0. The van der Waals surface area contributed by atoms with Crippen LogP contribution < -0.4 is 0 Å². The number of nitrogens with zero attached hydrogens (tertiary/aromatic N) is 8. The molecule has 0 amide bonds. The quantitative estimate of drug-likeness (QED) is 0.115. The molecule has 0 unspecified atom stereocenters. The van der Waals surface area contributed by atoms with Crippen molar-refractivity contribution in [2.24, 2.45) is 0 Å². The highest BCUT2D eigenvalue weighted by atomic mass is 15.0. The Kier molecular flexibility index (Phi) is 15.1. The van der Waals surface area contributed by atoms with Gasteiger partial charge in [0.1, 0.15) is 0 Å². The van der Waals surface area contributed by atoms with E-state index in [1.165, 1.54) is 32.3 Å². The zero-order valence-corrected chi connectivity index (χ0v) is 60.7. The van der Waals surface area contributed by atoms with Crippen LogP contribution in [0.2, 0.25) is 0 Å². The lowest BCUT2D eigenvalue weighted by atomic mass is 9.99. The lowest BCUT2D eigenvalue weighted by molar-refractivity contribution is 1.13. The van der Waals surface area contributed by atoms with Crippen molar-refractivity contribution in [2.75, 3.05) is 0 Å². The lowest BCUT2D eigenvalue weighted by Crippen LogP contribution is -2.02. The van der Waals surface area contributed by atoms with Crippen LogP contribution in [0, 0.1) is 0 Å². The summed E-state index contributed by atoms with van der Waals surface area (Å²) in [6.45, 7) is 0. The summed E-state index contributed by atoms with van der Waals surface area (Å²) in [5, 5.41) is 9.43. The average Bonchev–Trinajstić information content (AvgIpc) is 1.58. The summed E-state index contributed by atoms with van der Waals surface area (Å²) >= 11 is 0. The normalized spacial score (nSPS) is 11.8. The first-order valence-corrected chi connectivity index (χ1v) is 38.1. The molecule has 112 heavy (non-hydrogen) atoms. The van der Waals surface area contributed by atoms with Gasteiger partial charge in [-0.2, -0.15) is 0 Å².